The molecule has 1 atom stereocenters. The molecule has 0 spiro atoms. The number of rotatable bonds is 9. The number of hydrazone groups is 1. The second kappa shape index (κ2) is 11.8. The number of benzene rings is 1. The van der Waals surface area contributed by atoms with Crippen LogP contribution < -0.4 is 4.74 Å². The molecule has 1 aliphatic heterocycles. The van der Waals surface area contributed by atoms with Gasteiger partial charge < -0.3 is 9.64 Å². The van der Waals surface area contributed by atoms with Crippen LogP contribution in [-0.4, -0.2) is 53.8 Å². The summed E-state index contributed by atoms with van der Waals surface area (Å²) in [7, 11) is 1.67. The fourth-order valence-corrected chi connectivity index (χ4v) is 3.67. The van der Waals surface area contributed by atoms with Crippen molar-refractivity contribution in [1.29, 1.82) is 0 Å². The van der Waals surface area contributed by atoms with Crippen LogP contribution in [0.3, 0.4) is 0 Å². The molecule has 1 aliphatic rings. The van der Waals surface area contributed by atoms with Crippen molar-refractivity contribution in [2.45, 2.75) is 71.9 Å². The van der Waals surface area contributed by atoms with E-state index in [1.165, 1.54) is 30.3 Å². The van der Waals surface area contributed by atoms with Gasteiger partial charge in [-0.15, -0.1) is 0 Å². The summed E-state index contributed by atoms with van der Waals surface area (Å²) in [5.74, 6) is 0.763. The SMILES string of the molecule is C/C=C\C(=O)N(C)/N=C(\C)c1ccc(OC2CCN(C(C)CCCC)CC2)cc1. The number of ether oxygens (including phenoxy) is 1. The summed E-state index contributed by atoms with van der Waals surface area (Å²) in [6.45, 7) is 10.6. The van der Waals surface area contributed by atoms with Crippen LogP contribution in [-0.2, 0) is 4.79 Å². The normalized spacial score (nSPS) is 17.5. The molecule has 1 aromatic carbocycles. The first-order valence-corrected chi connectivity index (χ1v) is 10.9. The zero-order valence-corrected chi connectivity index (χ0v) is 18.7. The molecule has 0 aromatic heterocycles. The number of likely N-dealkylation sites (tertiary alicyclic amines) is 1. The Hall–Kier alpha value is -2.14. The molecule has 5 heteroatoms. The highest BCUT2D eigenvalue weighted by molar-refractivity contribution is 5.99. The molecule has 0 saturated carbocycles. The van der Waals surface area contributed by atoms with Crippen LogP contribution in [0.15, 0.2) is 41.5 Å². The number of carbonyl (C=O) groups is 1. The number of hydrogen-bond acceptors (Lipinski definition) is 4. The van der Waals surface area contributed by atoms with Gasteiger partial charge in [0, 0.05) is 32.3 Å². The lowest BCUT2D eigenvalue weighted by Gasteiger charge is -2.36. The van der Waals surface area contributed by atoms with Crippen molar-refractivity contribution < 1.29 is 9.53 Å². The van der Waals surface area contributed by atoms with Gasteiger partial charge in [0.2, 0.25) is 0 Å². The molecule has 1 amide bonds. The van der Waals surface area contributed by atoms with Crippen LogP contribution in [0.1, 0.15) is 65.4 Å². The summed E-state index contributed by atoms with van der Waals surface area (Å²) >= 11 is 0. The average Bonchev–Trinajstić information content (AvgIpc) is 2.73. The smallest absolute Gasteiger partial charge is 0.266 e. The van der Waals surface area contributed by atoms with Gasteiger partial charge in [-0.25, -0.2) is 5.01 Å². The number of amides is 1. The van der Waals surface area contributed by atoms with Gasteiger partial charge in [-0.05, 0) is 69.9 Å². The summed E-state index contributed by atoms with van der Waals surface area (Å²) < 4.78 is 6.21. The Kier molecular flexibility index (Phi) is 9.39. The average molecular weight is 400 g/mol. The number of likely N-dealkylation sites (N-methyl/N-ethyl adjacent to an activating group) is 1. The van der Waals surface area contributed by atoms with Crippen molar-refractivity contribution in [2.75, 3.05) is 20.1 Å². The van der Waals surface area contributed by atoms with E-state index in [9.17, 15) is 4.79 Å². The minimum Gasteiger partial charge on any atom is -0.490 e. The number of allylic oxidation sites excluding steroid dienone is 1. The maximum atomic E-state index is 11.8. The van der Waals surface area contributed by atoms with Gasteiger partial charge in [0.05, 0.1) is 5.71 Å². The van der Waals surface area contributed by atoms with Gasteiger partial charge >= 0.3 is 0 Å². The third-order valence-electron chi connectivity index (χ3n) is 5.58. The van der Waals surface area contributed by atoms with E-state index in [2.05, 4.69) is 23.8 Å². The van der Waals surface area contributed by atoms with Crippen molar-refractivity contribution in [1.82, 2.24) is 9.91 Å². The molecule has 0 aliphatic carbocycles. The first-order valence-electron chi connectivity index (χ1n) is 10.9. The van der Waals surface area contributed by atoms with Gasteiger partial charge in [-0.2, -0.15) is 5.10 Å². The van der Waals surface area contributed by atoms with E-state index in [0.717, 1.165) is 43.0 Å². The number of hydrogen-bond donors (Lipinski definition) is 0. The number of piperidine rings is 1. The number of nitrogens with zero attached hydrogens (tertiary/aromatic N) is 3. The predicted octanol–water partition coefficient (Wildman–Crippen LogP) is 4.87. The fraction of sp³-hybridized carbons (Fsp3) is 0.583. The summed E-state index contributed by atoms with van der Waals surface area (Å²) in [6.07, 6.45) is 9.54. The summed E-state index contributed by atoms with van der Waals surface area (Å²) in [6, 6.07) is 8.68. The molecule has 0 N–H and O–H groups in total. The van der Waals surface area contributed by atoms with Gasteiger partial charge in [-0.1, -0.05) is 25.8 Å². The Bertz CT molecular complexity index is 689. The molecule has 1 fully saturated rings. The van der Waals surface area contributed by atoms with Crippen molar-refractivity contribution in [3.05, 3.63) is 42.0 Å². The molecular formula is C24H37N3O2. The third kappa shape index (κ3) is 7.32. The largest absolute Gasteiger partial charge is 0.490 e. The molecule has 2 rings (SSSR count). The van der Waals surface area contributed by atoms with E-state index in [1.807, 2.05) is 38.1 Å². The molecule has 1 saturated heterocycles. The minimum absolute atomic E-state index is 0.137. The van der Waals surface area contributed by atoms with Gasteiger partial charge in [-0.3, -0.25) is 4.79 Å². The van der Waals surface area contributed by atoms with E-state index < -0.39 is 0 Å². The minimum atomic E-state index is -0.137. The van der Waals surface area contributed by atoms with Gasteiger partial charge in [0.1, 0.15) is 11.9 Å². The second-order valence-corrected chi connectivity index (χ2v) is 7.92. The Balaban J connectivity index is 1.86. The topological polar surface area (TPSA) is 45.1 Å². The highest BCUT2D eigenvalue weighted by Crippen LogP contribution is 2.22. The Morgan fingerprint density at radius 1 is 1.31 bits per heavy atom. The number of carbonyl (C=O) groups excluding carboxylic acids is 1. The zero-order chi connectivity index (χ0) is 21.2. The third-order valence-corrected chi connectivity index (χ3v) is 5.58. The van der Waals surface area contributed by atoms with E-state index >= 15 is 0 Å². The molecular weight excluding hydrogens is 362 g/mol. The van der Waals surface area contributed by atoms with Gasteiger partial charge in [0.25, 0.3) is 5.91 Å². The van der Waals surface area contributed by atoms with Gasteiger partial charge in [0.15, 0.2) is 0 Å². The molecule has 0 bridgehead atoms. The maximum Gasteiger partial charge on any atom is 0.266 e. The molecule has 1 heterocycles. The number of unbranched alkanes of at least 4 members (excludes halogenated alkanes) is 1. The van der Waals surface area contributed by atoms with Crippen LogP contribution >= 0.6 is 0 Å². The zero-order valence-electron chi connectivity index (χ0n) is 18.7. The highest BCUT2D eigenvalue weighted by atomic mass is 16.5. The lowest BCUT2D eigenvalue weighted by molar-refractivity contribution is -0.124. The molecule has 0 radical (unpaired) electrons. The fourth-order valence-electron chi connectivity index (χ4n) is 3.67. The van der Waals surface area contributed by atoms with Crippen LogP contribution in [0.5, 0.6) is 5.75 Å². The summed E-state index contributed by atoms with van der Waals surface area (Å²) in [5, 5.41) is 5.72. The van der Waals surface area contributed by atoms with E-state index in [0.29, 0.717) is 6.04 Å². The quantitative estimate of drug-likeness (QED) is 0.338. The van der Waals surface area contributed by atoms with Crippen molar-refractivity contribution in [3.8, 4) is 5.75 Å². The van der Waals surface area contributed by atoms with E-state index in [4.69, 9.17) is 4.74 Å². The monoisotopic (exact) mass is 399 g/mol. The van der Waals surface area contributed by atoms with Crippen LogP contribution in [0, 0.1) is 0 Å². The van der Waals surface area contributed by atoms with Crippen LogP contribution in [0.2, 0.25) is 0 Å². The Morgan fingerprint density at radius 3 is 2.55 bits per heavy atom. The lowest BCUT2D eigenvalue weighted by atomic mass is 10.0. The molecule has 29 heavy (non-hydrogen) atoms. The molecule has 1 unspecified atom stereocenters. The maximum absolute atomic E-state index is 11.8. The predicted molar refractivity (Wildman–Crippen MR) is 120 cm³/mol. The summed E-state index contributed by atoms with van der Waals surface area (Å²) in [5.41, 5.74) is 1.78. The van der Waals surface area contributed by atoms with Crippen molar-refractivity contribution >= 4 is 11.6 Å². The first-order chi connectivity index (χ1) is 13.9. The molecule has 5 nitrogen and oxygen atoms in total. The van der Waals surface area contributed by atoms with E-state index in [-0.39, 0.29) is 12.0 Å². The first kappa shape index (κ1) is 23.1. The van der Waals surface area contributed by atoms with Crippen molar-refractivity contribution in [2.24, 2.45) is 5.10 Å². The molecule has 1 aromatic rings. The standard InChI is InChI=1S/C24H37N3O2/c1-6-8-10-19(3)27-17-15-23(16-18-27)29-22-13-11-21(12-14-22)20(4)25-26(5)24(28)9-7-2/h7,9,11-14,19,23H,6,8,10,15-18H2,1-5H3/b9-7-,25-20+. The van der Waals surface area contributed by atoms with Crippen LogP contribution in [0.4, 0.5) is 0 Å². The summed E-state index contributed by atoms with van der Waals surface area (Å²) in [4.78, 5) is 14.4. The Morgan fingerprint density at radius 2 is 1.97 bits per heavy atom. The highest BCUT2D eigenvalue weighted by Gasteiger charge is 2.23. The Labute approximate surface area is 176 Å². The molecule has 160 valence electrons. The second-order valence-electron chi connectivity index (χ2n) is 7.92. The van der Waals surface area contributed by atoms with Crippen LogP contribution in [0.25, 0.3) is 0 Å². The lowest BCUT2D eigenvalue weighted by Crippen LogP contribution is -2.42. The van der Waals surface area contributed by atoms with Crippen molar-refractivity contribution in [3.63, 3.8) is 0 Å². The van der Waals surface area contributed by atoms with E-state index in [1.54, 1.807) is 13.1 Å².